The van der Waals surface area contributed by atoms with Crippen LogP contribution < -0.4 is 25.6 Å². The van der Waals surface area contributed by atoms with Crippen molar-refractivity contribution in [1.82, 2.24) is 35.4 Å². The van der Waals surface area contributed by atoms with E-state index in [1.165, 1.54) is 31.5 Å². The van der Waals surface area contributed by atoms with Gasteiger partial charge in [0.2, 0.25) is 17.7 Å². The molecule has 2 aromatic heterocycles. The van der Waals surface area contributed by atoms with Gasteiger partial charge >= 0.3 is 0 Å². The lowest BCUT2D eigenvalue weighted by Crippen LogP contribution is -2.54. The number of aliphatic hydroxyl groups is 1. The summed E-state index contributed by atoms with van der Waals surface area (Å²) in [5.74, 6) is -1.20. The van der Waals surface area contributed by atoms with E-state index < -0.39 is 29.3 Å². The van der Waals surface area contributed by atoms with Crippen molar-refractivity contribution in [2.24, 2.45) is 5.41 Å². The van der Waals surface area contributed by atoms with E-state index in [1.54, 1.807) is 35.5 Å². The number of nitrogens with zero attached hydrogens (tertiary/aromatic N) is 7. The molecule has 0 unspecified atom stereocenters. The average molecular weight is 905 g/mol. The van der Waals surface area contributed by atoms with E-state index in [1.807, 2.05) is 32.9 Å². The number of carbonyl (C=O) groups is 4. The molecule has 2 fully saturated rings. The van der Waals surface area contributed by atoms with Crippen molar-refractivity contribution in [2.75, 3.05) is 69.7 Å². The van der Waals surface area contributed by atoms with Gasteiger partial charge < -0.3 is 35.6 Å². The Morgan fingerprint density at radius 2 is 1.71 bits per heavy atom. The summed E-state index contributed by atoms with van der Waals surface area (Å²) in [6.45, 7) is 9.74. The van der Waals surface area contributed by atoms with E-state index >= 15 is 0 Å². The number of aliphatic hydroxyl groups excluding tert-OH is 1. The quantitative estimate of drug-likeness (QED) is 0.0853. The summed E-state index contributed by atoms with van der Waals surface area (Å²) in [6.07, 6.45) is 10.4. The number of piperazine rings is 1. The van der Waals surface area contributed by atoms with Crippen LogP contribution in [0.2, 0.25) is 0 Å². The maximum atomic E-state index is 14.9. The molecule has 2 aromatic carbocycles. The number of amides is 4. The van der Waals surface area contributed by atoms with E-state index in [-0.39, 0.29) is 47.1 Å². The zero-order valence-corrected chi connectivity index (χ0v) is 38.3. The molecule has 66 heavy (non-hydrogen) atoms. The predicted molar refractivity (Wildman–Crippen MR) is 249 cm³/mol. The van der Waals surface area contributed by atoms with Crippen LogP contribution in [-0.2, 0) is 14.4 Å². The zero-order valence-electron chi connectivity index (χ0n) is 38.3. The van der Waals surface area contributed by atoms with Crippen LogP contribution in [-0.4, -0.2) is 125 Å². The molecule has 350 valence electrons. The zero-order chi connectivity index (χ0) is 47.2. The third-order valence-corrected chi connectivity index (χ3v) is 11.9. The second-order valence-corrected chi connectivity index (χ2v) is 17.9. The Morgan fingerprint density at radius 3 is 2.42 bits per heavy atom. The summed E-state index contributed by atoms with van der Waals surface area (Å²) in [5, 5.41) is 28.7. The summed E-state index contributed by atoms with van der Waals surface area (Å²) >= 11 is 0. The van der Waals surface area contributed by atoms with Crippen molar-refractivity contribution >= 4 is 35.0 Å². The molecule has 2 saturated heterocycles. The Morgan fingerprint density at radius 1 is 0.955 bits per heavy atom. The molecule has 16 nitrogen and oxygen atoms in total. The van der Waals surface area contributed by atoms with E-state index in [0.717, 1.165) is 44.1 Å². The average Bonchev–Trinajstić information content (AvgIpc) is 3.76. The maximum Gasteiger partial charge on any atom is 0.274 e. The van der Waals surface area contributed by atoms with Crippen LogP contribution in [0.25, 0.3) is 22.5 Å². The number of β-amino-alcohol motifs (C(OH)–C–C–N with tert-alkyl or cyclic N) is 1. The fourth-order valence-electron chi connectivity index (χ4n) is 8.23. The molecule has 4 heterocycles. The second-order valence-electron chi connectivity index (χ2n) is 17.9. The van der Waals surface area contributed by atoms with Gasteiger partial charge in [0.25, 0.3) is 5.91 Å². The number of ether oxygens (including phenoxy) is 1. The number of aromatic nitrogens is 3. The second kappa shape index (κ2) is 23.1. The van der Waals surface area contributed by atoms with Gasteiger partial charge in [-0.3, -0.25) is 29.1 Å². The van der Waals surface area contributed by atoms with Crippen molar-refractivity contribution < 1.29 is 33.4 Å². The van der Waals surface area contributed by atoms with Crippen LogP contribution in [0.4, 0.5) is 15.8 Å². The molecule has 0 bridgehead atoms. The fourth-order valence-corrected chi connectivity index (χ4v) is 8.23. The molecule has 4 aromatic rings. The highest BCUT2D eigenvalue weighted by Crippen LogP contribution is 2.35. The minimum Gasteiger partial charge on any atom is -0.496 e. The van der Waals surface area contributed by atoms with Crippen molar-refractivity contribution in [1.29, 1.82) is 5.26 Å². The lowest BCUT2D eigenvalue weighted by molar-refractivity contribution is -0.138. The van der Waals surface area contributed by atoms with E-state index in [9.17, 15) is 33.9 Å². The molecular weight excluding hydrogens is 844 g/mol. The number of hydrogen-bond donors (Lipinski definition) is 4. The monoisotopic (exact) mass is 904 g/mol. The number of carbonyl (C=O) groups excluding carboxylic acids is 4. The smallest absolute Gasteiger partial charge is 0.274 e. The molecule has 4 amide bonds. The van der Waals surface area contributed by atoms with Gasteiger partial charge in [-0.1, -0.05) is 58.6 Å². The van der Waals surface area contributed by atoms with Crippen LogP contribution in [0.15, 0.2) is 67.1 Å². The van der Waals surface area contributed by atoms with Gasteiger partial charge in [-0.2, -0.15) is 5.26 Å². The van der Waals surface area contributed by atoms with Crippen LogP contribution in [0.1, 0.15) is 88.2 Å². The van der Waals surface area contributed by atoms with Crippen LogP contribution >= 0.6 is 0 Å². The number of nitrogens with one attached hydrogen (secondary N) is 3. The normalized spacial score (nSPS) is 15.7. The van der Waals surface area contributed by atoms with E-state index in [2.05, 4.69) is 46.8 Å². The molecule has 0 aliphatic carbocycles. The summed E-state index contributed by atoms with van der Waals surface area (Å²) in [6, 6.07) is 14.6. The summed E-state index contributed by atoms with van der Waals surface area (Å²) in [4.78, 5) is 71.3. The van der Waals surface area contributed by atoms with Gasteiger partial charge in [-0.15, -0.1) is 0 Å². The molecule has 0 radical (unpaired) electrons. The number of benzene rings is 2. The minimum absolute atomic E-state index is 0.00253. The lowest BCUT2D eigenvalue weighted by Gasteiger charge is -2.36. The highest BCUT2D eigenvalue weighted by molar-refractivity contribution is 6.05. The molecule has 4 N–H and O–H groups in total. The van der Waals surface area contributed by atoms with Gasteiger partial charge in [0.15, 0.2) is 5.82 Å². The number of nitriles is 1. The highest BCUT2D eigenvalue weighted by Gasteiger charge is 2.38. The Bertz CT molecular complexity index is 2380. The largest absolute Gasteiger partial charge is 0.496 e. The van der Waals surface area contributed by atoms with Crippen molar-refractivity contribution in [3.8, 4) is 34.3 Å². The topological polar surface area (TPSA) is 206 Å². The van der Waals surface area contributed by atoms with Gasteiger partial charge in [0, 0.05) is 76.4 Å². The predicted octanol–water partition coefficient (Wildman–Crippen LogP) is 5.57. The molecule has 2 aliphatic heterocycles. The SMILES string of the molecule is COc1cccc(F)c1-c1nccc(C(=O)Nc2ccc(-c3cnccc3C#N)cc2N2CCN(CC(=O)NCCCCCCCCC(=O)N[C@H](C(=O)N3CC[C@@H](O)C3)C(C)(C)C)CC2)n1. The van der Waals surface area contributed by atoms with Crippen LogP contribution in [0, 0.1) is 22.6 Å². The third-order valence-electron chi connectivity index (χ3n) is 11.9. The van der Waals surface area contributed by atoms with Gasteiger partial charge in [0.1, 0.15) is 23.3 Å². The number of hydrogen-bond acceptors (Lipinski definition) is 12. The first-order valence-corrected chi connectivity index (χ1v) is 22.7. The number of likely N-dealkylation sites (tertiary alicyclic amines) is 1. The Labute approximate surface area is 386 Å². The number of unbranched alkanes of at least 4 members (excludes halogenated alkanes) is 5. The number of anilines is 2. The molecule has 6 rings (SSSR count). The minimum atomic E-state index is -0.638. The van der Waals surface area contributed by atoms with Gasteiger partial charge in [-0.25, -0.2) is 14.4 Å². The molecular formula is C49H61FN10O6. The lowest BCUT2D eigenvalue weighted by atomic mass is 9.85. The first-order chi connectivity index (χ1) is 31.7. The van der Waals surface area contributed by atoms with Crippen molar-refractivity contribution in [2.45, 2.75) is 84.3 Å². The van der Waals surface area contributed by atoms with E-state index in [0.29, 0.717) is 81.2 Å². The van der Waals surface area contributed by atoms with Crippen LogP contribution in [0.5, 0.6) is 5.75 Å². The van der Waals surface area contributed by atoms with Gasteiger partial charge in [0.05, 0.1) is 48.3 Å². The number of halogens is 1. The summed E-state index contributed by atoms with van der Waals surface area (Å²) < 4.78 is 20.2. The number of methoxy groups -OCH3 is 1. The number of pyridine rings is 1. The highest BCUT2D eigenvalue weighted by atomic mass is 19.1. The third kappa shape index (κ3) is 13.1. The molecule has 17 heteroatoms. The van der Waals surface area contributed by atoms with Crippen molar-refractivity contribution in [3.05, 3.63) is 84.2 Å². The number of rotatable bonds is 19. The van der Waals surface area contributed by atoms with Crippen molar-refractivity contribution in [3.63, 3.8) is 0 Å². The Balaban J connectivity index is 0.956. The standard InChI is InChI=1S/C49H61FN10O6/c1-49(2,3)45(48(65)60-23-19-35(61)31-60)57-42(62)14-9-7-5-6-8-10-20-53-43(63)32-58-24-26-59(27-25-58)40-28-33(36-30-52-21-17-34(36)29-51)15-16-38(40)56-47(64)39-18-22-54-46(55-39)44-37(50)12-11-13-41(44)66-4/h11-13,15-18,21-22,28,30,35,45,61H,5-10,14,19-20,23-27,31-32H2,1-4H3,(H,53,63)(H,56,64)(H,57,62)/t35-,45-/m1/s1. The fraction of sp³-hybridized carbons (Fsp3) is 0.469. The molecule has 2 atom stereocenters. The molecule has 2 aliphatic rings. The summed E-state index contributed by atoms with van der Waals surface area (Å²) in [5.41, 5.74) is 2.68. The Hall–Kier alpha value is -6.51. The maximum absolute atomic E-state index is 14.9. The Kier molecular flexibility index (Phi) is 17.1. The first-order valence-electron chi connectivity index (χ1n) is 22.7. The van der Waals surface area contributed by atoms with Crippen LogP contribution in [0.3, 0.4) is 0 Å². The summed E-state index contributed by atoms with van der Waals surface area (Å²) in [7, 11) is 1.42. The van der Waals surface area contributed by atoms with Gasteiger partial charge in [-0.05, 0) is 66.6 Å². The molecule has 0 saturated carbocycles. The molecule has 0 spiro atoms. The first kappa shape index (κ1) is 48.9. The van der Waals surface area contributed by atoms with E-state index in [4.69, 9.17) is 4.74 Å².